The van der Waals surface area contributed by atoms with Gasteiger partial charge in [-0.15, -0.1) is 11.8 Å². The summed E-state index contributed by atoms with van der Waals surface area (Å²) in [7, 11) is 0. The lowest BCUT2D eigenvalue weighted by molar-refractivity contribution is -0.178. The first-order valence-electron chi connectivity index (χ1n) is 8.98. The standard InChI is InChI=1S/C20H30O3S/c1-15(2)7-6-8-16(3)10-12-24-19-14-17(13-18(19)21)23-20-9-4-5-11-22-20/h7,10,14,17,20H,4-6,8-9,11-13H2,1-3H3. The van der Waals surface area contributed by atoms with Crippen molar-refractivity contribution >= 4 is 17.5 Å². The first kappa shape index (κ1) is 19.5. The van der Waals surface area contributed by atoms with Crippen molar-refractivity contribution < 1.29 is 14.3 Å². The third kappa shape index (κ3) is 6.96. The van der Waals surface area contributed by atoms with Crippen molar-refractivity contribution in [3.05, 3.63) is 34.3 Å². The van der Waals surface area contributed by atoms with Gasteiger partial charge in [-0.1, -0.05) is 23.3 Å². The number of carbonyl (C=O) groups excluding carboxylic acids is 1. The average Bonchev–Trinajstić information content (AvgIpc) is 2.87. The first-order valence-corrected chi connectivity index (χ1v) is 9.97. The molecule has 1 aliphatic carbocycles. The Balaban J connectivity index is 1.73. The lowest BCUT2D eigenvalue weighted by Crippen LogP contribution is -2.26. The van der Waals surface area contributed by atoms with Gasteiger partial charge in [0, 0.05) is 23.7 Å². The molecule has 0 aromatic heterocycles. The van der Waals surface area contributed by atoms with Crippen LogP contribution in [0.5, 0.6) is 0 Å². The molecule has 0 spiro atoms. The zero-order valence-electron chi connectivity index (χ0n) is 15.2. The molecule has 134 valence electrons. The van der Waals surface area contributed by atoms with Crippen LogP contribution < -0.4 is 0 Å². The molecule has 1 fully saturated rings. The largest absolute Gasteiger partial charge is 0.353 e. The lowest BCUT2D eigenvalue weighted by Gasteiger charge is -2.24. The molecular formula is C20H30O3S. The molecule has 2 atom stereocenters. The Morgan fingerprint density at radius 1 is 1.33 bits per heavy atom. The molecular weight excluding hydrogens is 320 g/mol. The number of Topliss-reactive ketones (excluding diaryl/α,β-unsaturated/α-hetero) is 1. The molecule has 0 radical (unpaired) electrons. The van der Waals surface area contributed by atoms with Crippen LogP contribution in [0, 0.1) is 0 Å². The summed E-state index contributed by atoms with van der Waals surface area (Å²) in [4.78, 5) is 13.0. The molecule has 0 aromatic carbocycles. The minimum Gasteiger partial charge on any atom is -0.353 e. The fourth-order valence-corrected chi connectivity index (χ4v) is 3.84. The number of allylic oxidation sites excluding steroid dienone is 4. The summed E-state index contributed by atoms with van der Waals surface area (Å²) in [5.74, 6) is 1.06. The highest BCUT2D eigenvalue weighted by Gasteiger charge is 2.28. The molecule has 2 unspecified atom stereocenters. The Kier molecular flexibility index (Phi) is 8.30. The SMILES string of the molecule is CC(C)=CCCC(C)=CCSC1=CC(OC2CCCCO2)CC1=O. The van der Waals surface area contributed by atoms with E-state index in [1.165, 1.54) is 11.1 Å². The maximum absolute atomic E-state index is 12.1. The predicted molar refractivity (Wildman–Crippen MR) is 101 cm³/mol. The topological polar surface area (TPSA) is 35.5 Å². The second-order valence-corrected chi connectivity index (χ2v) is 7.87. The van der Waals surface area contributed by atoms with Gasteiger partial charge in [-0.05, 0) is 59.0 Å². The van der Waals surface area contributed by atoms with Crippen molar-refractivity contribution in [3.63, 3.8) is 0 Å². The van der Waals surface area contributed by atoms with Gasteiger partial charge in [-0.2, -0.15) is 0 Å². The minimum atomic E-state index is -0.130. The van der Waals surface area contributed by atoms with E-state index in [4.69, 9.17) is 9.47 Å². The molecule has 0 aromatic rings. The molecule has 1 saturated heterocycles. The molecule has 2 rings (SSSR count). The molecule has 2 aliphatic rings. The number of hydrogen-bond acceptors (Lipinski definition) is 4. The van der Waals surface area contributed by atoms with Crippen LogP contribution >= 0.6 is 11.8 Å². The van der Waals surface area contributed by atoms with E-state index in [0.717, 1.165) is 49.4 Å². The van der Waals surface area contributed by atoms with E-state index in [1.54, 1.807) is 11.8 Å². The summed E-state index contributed by atoms with van der Waals surface area (Å²) in [6.45, 7) is 7.19. The molecule has 0 bridgehead atoms. The molecule has 0 amide bonds. The van der Waals surface area contributed by atoms with Gasteiger partial charge >= 0.3 is 0 Å². The molecule has 24 heavy (non-hydrogen) atoms. The fourth-order valence-electron chi connectivity index (χ4n) is 2.80. The van der Waals surface area contributed by atoms with Gasteiger partial charge in [-0.3, -0.25) is 4.79 Å². The zero-order valence-corrected chi connectivity index (χ0v) is 16.0. The van der Waals surface area contributed by atoms with Crippen LogP contribution in [-0.2, 0) is 14.3 Å². The molecule has 1 aliphatic heterocycles. The Morgan fingerprint density at radius 2 is 2.17 bits per heavy atom. The highest BCUT2D eigenvalue weighted by atomic mass is 32.2. The maximum Gasteiger partial charge on any atom is 0.171 e. The summed E-state index contributed by atoms with van der Waals surface area (Å²) in [5.41, 5.74) is 2.75. The van der Waals surface area contributed by atoms with Gasteiger partial charge in [0.05, 0.1) is 6.10 Å². The number of thioether (sulfide) groups is 1. The van der Waals surface area contributed by atoms with Gasteiger partial charge in [-0.25, -0.2) is 0 Å². The van der Waals surface area contributed by atoms with Gasteiger partial charge < -0.3 is 9.47 Å². The maximum atomic E-state index is 12.1. The van der Waals surface area contributed by atoms with E-state index >= 15 is 0 Å². The Bertz CT molecular complexity index is 509. The predicted octanol–water partition coefficient (Wildman–Crippen LogP) is 5.18. The highest BCUT2D eigenvalue weighted by molar-refractivity contribution is 8.04. The van der Waals surface area contributed by atoms with Crippen molar-refractivity contribution in [2.24, 2.45) is 0 Å². The van der Waals surface area contributed by atoms with Crippen LogP contribution in [0.25, 0.3) is 0 Å². The van der Waals surface area contributed by atoms with E-state index in [2.05, 4.69) is 32.9 Å². The van der Waals surface area contributed by atoms with E-state index in [0.29, 0.717) is 6.42 Å². The van der Waals surface area contributed by atoms with Crippen LogP contribution in [0.1, 0.15) is 59.3 Å². The van der Waals surface area contributed by atoms with Crippen molar-refractivity contribution in [1.82, 2.24) is 0 Å². The Morgan fingerprint density at radius 3 is 2.88 bits per heavy atom. The third-order valence-corrected chi connectivity index (χ3v) is 5.23. The normalized spacial score (nSPS) is 24.9. The first-order chi connectivity index (χ1) is 11.5. The van der Waals surface area contributed by atoms with Gasteiger partial charge in [0.25, 0.3) is 0 Å². The average molecular weight is 351 g/mol. The summed E-state index contributed by atoms with van der Waals surface area (Å²) in [6, 6.07) is 0. The molecule has 0 saturated carbocycles. The lowest BCUT2D eigenvalue weighted by atomic mass is 10.1. The molecule has 1 heterocycles. The monoisotopic (exact) mass is 350 g/mol. The number of rotatable bonds is 8. The smallest absolute Gasteiger partial charge is 0.171 e. The van der Waals surface area contributed by atoms with Crippen LogP contribution in [0.2, 0.25) is 0 Å². The van der Waals surface area contributed by atoms with Crippen LogP contribution in [-0.4, -0.2) is 30.5 Å². The number of ketones is 1. The van der Waals surface area contributed by atoms with Crippen molar-refractivity contribution in [3.8, 4) is 0 Å². The fraction of sp³-hybridized carbons (Fsp3) is 0.650. The van der Waals surface area contributed by atoms with Gasteiger partial charge in [0.2, 0.25) is 0 Å². The summed E-state index contributed by atoms with van der Waals surface area (Å²) < 4.78 is 11.5. The Hall–Kier alpha value is -0.840. The second-order valence-electron chi connectivity index (χ2n) is 6.81. The van der Waals surface area contributed by atoms with E-state index in [1.807, 2.05) is 6.08 Å². The van der Waals surface area contributed by atoms with Crippen LogP contribution in [0.3, 0.4) is 0 Å². The van der Waals surface area contributed by atoms with E-state index in [9.17, 15) is 4.79 Å². The van der Waals surface area contributed by atoms with Crippen LogP contribution in [0.4, 0.5) is 0 Å². The second kappa shape index (κ2) is 10.2. The quantitative estimate of drug-likeness (QED) is 0.565. The summed E-state index contributed by atoms with van der Waals surface area (Å²) in [6.07, 6.45) is 12.1. The molecule has 0 N–H and O–H groups in total. The highest BCUT2D eigenvalue weighted by Crippen LogP contribution is 2.29. The van der Waals surface area contributed by atoms with Crippen molar-refractivity contribution in [2.45, 2.75) is 71.7 Å². The third-order valence-electron chi connectivity index (χ3n) is 4.23. The van der Waals surface area contributed by atoms with Crippen LogP contribution in [0.15, 0.2) is 34.3 Å². The van der Waals surface area contributed by atoms with Crippen molar-refractivity contribution in [2.75, 3.05) is 12.4 Å². The van der Waals surface area contributed by atoms with Crippen molar-refractivity contribution in [1.29, 1.82) is 0 Å². The van der Waals surface area contributed by atoms with E-state index in [-0.39, 0.29) is 18.2 Å². The number of carbonyl (C=O) groups is 1. The van der Waals surface area contributed by atoms with E-state index < -0.39 is 0 Å². The Labute approximate surface area is 150 Å². The summed E-state index contributed by atoms with van der Waals surface area (Å²) >= 11 is 1.62. The molecule has 3 nitrogen and oxygen atoms in total. The number of ether oxygens (including phenoxy) is 2. The minimum absolute atomic E-state index is 0.106. The zero-order chi connectivity index (χ0) is 17.4. The molecule has 4 heteroatoms. The van der Waals surface area contributed by atoms with Gasteiger partial charge in [0.1, 0.15) is 0 Å². The number of hydrogen-bond donors (Lipinski definition) is 0. The van der Waals surface area contributed by atoms with Gasteiger partial charge in [0.15, 0.2) is 12.1 Å². The summed E-state index contributed by atoms with van der Waals surface area (Å²) in [5, 5.41) is 0.